The Labute approximate surface area is 127 Å². The smallest absolute Gasteiger partial charge is 0.264 e. The van der Waals surface area contributed by atoms with E-state index in [0.717, 1.165) is 5.56 Å². The van der Waals surface area contributed by atoms with E-state index < -0.39 is 6.10 Å². The number of carbonyl (C=O) groups excluding carboxylic acids is 2. The summed E-state index contributed by atoms with van der Waals surface area (Å²) in [5.74, 6) is -0.758. The molecule has 0 spiro atoms. The number of nitrogens with one attached hydrogen (secondary N) is 2. The van der Waals surface area contributed by atoms with E-state index in [4.69, 9.17) is 4.84 Å². The minimum Gasteiger partial charge on any atom is -0.382 e. The fraction of sp³-hybridized carbons (Fsp3) is 0.400. The standard InChI is InChI=1S/C15H18FN3O3/c1-2-17-14(20)7-8-18-15(21)13-9-12(19-22-13)10-3-5-11(16)6-4-10/h3-6,13H,2,7-9H2,1H3,(H,17,20)(H,18,21)/t13-/m0/s1. The van der Waals surface area contributed by atoms with Crippen molar-refractivity contribution in [2.24, 2.45) is 5.16 Å². The van der Waals surface area contributed by atoms with Crippen molar-refractivity contribution in [2.45, 2.75) is 25.9 Å². The van der Waals surface area contributed by atoms with E-state index in [-0.39, 0.29) is 30.6 Å². The SMILES string of the molecule is CCNC(=O)CCNC(=O)[C@@H]1CC(c2ccc(F)cc2)=NO1. The lowest BCUT2D eigenvalue weighted by Gasteiger charge is -2.09. The molecule has 0 unspecified atom stereocenters. The van der Waals surface area contributed by atoms with Crippen LogP contribution in [0.25, 0.3) is 0 Å². The van der Waals surface area contributed by atoms with E-state index in [1.54, 1.807) is 12.1 Å². The zero-order chi connectivity index (χ0) is 15.9. The third kappa shape index (κ3) is 4.28. The van der Waals surface area contributed by atoms with E-state index in [0.29, 0.717) is 18.7 Å². The third-order valence-electron chi connectivity index (χ3n) is 3.16. The number of hydrogen-bond donors (Lipinski definition) is 2. The van der Waals surface area contributed by atoms with Crippen molar-refractivity contribution >= 4 is 17.5 Å². The number of benzene rings is 1. The highest BCUT2D eigenvalue weighted by Gasteiger charge is 2.28. The predicted octanol–water partition coefficient (Wildman–Crippen LogP) is 0.961. The zero-order valence-electron chi connectivity index (χ0n) is 12.3. The summed E-state index contributed by atoms with van der Waals surface area (Å²) in [6.07, 6.45) is -0.175. The molecule has 0 radical (unpaired) electrons. The number of oxime groups is 1. The van der Waals surface area contributed by atoms with Crippen molar-refractivity contribution in [3.8, 4) is 0 Å². The van der Waals surface area contributed by atoms with Gasteiger partial charge in [-0.2, -0.15) is 0 Å². The largest absolute Gasteiger partial charge is 0.382 e. The van der Waals surface area contributed by atoms with E-state index in [9.17, 15) is 14.0 Å². The van der Waals surface area contributed by atoms with Crippen LogP contribution in [0.1, 0.15) is 25.3 Å². The van der Waals surface area contributed by atoms with Gasteiger partial charge in [0.1, 0.15) is 5.82 Å². The Morgan fingerprint density at radius 3 is 2.73 bits per heavy atom. The molecule has 0 aliphatic carbocycles. The molecule has 0 bridgehead atoms. The minimum atomic E-state index is -0.714. The van der Waals surface area contributed by atoms with Crippen molar-refractivity contribution in [1.29, 1.82) is 0 Å². The van der Waals surface area contributed by atoms with Crippen LogP contribution in [0.2, 0.25) is 0 Å². The van der Waals surface area contributed by atoms with Crippen LogP contribution in [0.3, 0.4) is 0 Å². The van der Waals surface area contributed by atoms with Crippen molar-refractivity contribution < 1.29 is 18.8 Å². The summed E-state index contributed by atoms with van der Waals surface area (Å²) in [6.45, 7) is 2.64. The highest BCUT2D eigenvalue weighted by atomic mass is 19.1. The van der Waals surface area contributed by atoms with Gasteiger partial charge in [0.25, 0.3) is 5.91 Å². The second-order valence-corrected chi connectivity index (χ2v) is 4.84. The van der Waals surface area contributed by atoms with E-state index in [1.807, 2.05) is 6.92 Å². The van der Waals surface area contributed by atoms with Gasteiger partial charge in [-0.3, -0.25) is 9.59 Å². The molecule has 2 rings (SSSR count). The summed E-state index contributed by atoms with van der Waals surface area (Å²) in [5, 5.41) is 9.15. The number of carbonyl (C=O) groups is 2. The van der Waals surface area contributed by atoms with Gasteiger partial charge < -0.3 is 15.5 Å². The number of nitrogens with zero attached hydrogens (tertiary/aromatic N) is 1. The number of amides is 2. The maximum atomic E-state index is 12.9. The molecule has 2 N–H and O–H groups in total. The van der Waals surface area contributed by atoms with Crippen LogP contribution < -0.4 is 10.6 Å². The molecule has 6 nitrogen and oxygen atoms in total. The topological polar surface area (TPSA) is 79.8 Å². The molecule has 1 aromatic rings. The van der Waals surface area contributed by atoms with Crippen LogP contribution in [0.15, 0.2) is 29.4 Å². The summed E-state index contributed by atoms with van der Waals surface area (Å²) in [7, 11) is 0. The van der Waals surface area contributed by atoms with Gasteiger partial charge in [-0.05, 0) is 24.6 Å². The first-order valence-electron chi connectivity index (χ1n) is 7.13. The van der Waals surface area contributed by atoms with Crippen LogP contribution in [0.5, 0.6) is 0 Å². The van der Waals surface area contributed by atoms with Gasteiger partial charge in [0.05, 0.1) is 5.71 Å². The quantitative estimate of drug-likeness (QED) is 0.821. The van der Waals surface area contributed by atoms with Crippen LogP contribution in [0, 0.1) is 5.82 Å². The molecule has 1 aromatic carbocycles. The van der Waals surface area contributed by atoms with Crippen molar-refractivity contribution in [2.75, 3.05) is 13.1 Å². The van der Waals surface area contributed by atoms with E-state index in [2.05, 4.69) is 15.8 Å². The average molecular weight is 307 g/mol. The van der Waals surface area contributed by atoms with Crippen LogP contribution >= 0.6 is 0 Å². The lowest BCUT2D eigenvalue weighted by molar-refractivity contribution is -0.131. The van der Waals surface area contributed by atoms with E-state index >= 15 is 0 Å². The lowest BCUT2D eigenvalue weighted by Crippen LogP contribution is -2.37. The van der Waals surface area contributed by atoms with Gasteiger partial charge in [-0.15, -0.1) is 0 Å². The molecule has 7 heteroatoms. The Morgan fingerprint density at radius 2 is 2.05 bits per heavy atom. The first-order valence-corrected chi connectivity index (χ1v) is 7.13. The molecule has 1 aliphatic rings. The van der Waals surface area contributed by atoms with Gasteiger partial charge >= 0.3 is 0 Å². The maximum Gasteiger partial charge on any atom is 0.264 e. The van der Waals surface area contributed by atoms with E-state index in [1.165, 1.54) is 12.1 Å². The molecule has 1 aliphatic heterocycles. The Bertz CT molecular complexity index is 572. The Kier molecular flexibility index (Phi) is 5.46. The van der Waals surface area contributed by atoms with Gasteiger partial charge in [-0.1, -0.05) is 17.3 Å². The molecular weight excluding hydrogens is 289 g/mol. The molecule has 0 saturated carbocycles. The Morgan fingerprint density at radius 1 is 1.32 bits per heavy atom. The molecule has 118 valence electrons. The lowest BCUT2D eigenvalue weighted by atomic mass is 10.0. The summed E-state index contributed by atoms with van der Waals surface area (Å²) in [5.41, 5.74) is 1.32. The molecule has 0 saturated heterocycles. The fourth-order valence-corrected chi connectivity index (χ4v) is 2.03. The summed E-state index contributed by atoms with van der Waals surface area (Å²) in [4.78, 5) is 28.3. The van der Waals surface area contributed by atoms with Crippen LogP contribution in [-0.4, -0.2) is 36.7 Å². The Balaban J connectivity index is 1.78. The average Bonchev–Trinajstić information content (AvgIpc) is 2.98. The van der Waals surface area contributed by atoms with Crippen LogP contribution in [-0.2, 0) is 14.4 Å². The second-order valence-electron chi connectivity index (χ2n) is 4.84. The monoisotopic (exact) mass is 307 g/mol. The summed E-state index contributed by atoms with van der Waals surface area (Å²) in [6, 6.07) is 5.84. The zero-order valence-corrected chi connectivity index (χ0v) is 12.3. The summed E-state index contributed by atoms with van der Waals surface area (Å²) >= 11 is 0. The van der Waals surface area contributed by atoms with Gasteiger partial charge in [0.2, 0.25) is 12.0 Å². The highest BCUT2D eigenvalue weighted by molar-refractivity contribution is 6.04. The molecule has 1 atom stereocenters. The van der Waals surface area contributed by atoms with Crippen molar-refractivity contribution in [3.05, 3.63) is 35.6 Å². The maximum absolute atomic E-state index is 12.9. The Hall–Kier alpha value is -2.44. The molecular formula is C15H18FN3O3. The van der Waals surface area contributed by atoms with Gasteiger partial charge in [0.15, 0.2) is 0 Å². The fourth-order valence-electron chi connectivity index (χ4n) is 2.03. The molecule has 22 heavy (non-hydrogen) atoms. The number of hydrogen-bond acceptors (Lipinski definition) is 4. The first kappa shape index (κ1) is 15.9. The van der Waals surface area contributed by atoms with Gasteiger partial charge in [-0.25, -0.2) is 4.39 Å². The predicted molar refractivity (Wildman–Crippen MR) is 78.7 cm³/mol. The molecule has 0 aromatic heterocycles. The molecule has 2 amide bonds. The summed E-state index contributed by atoms with van der Waals surface area (Å²) < 4.78 is 12.9. The van der Waals surface area contributed by atoms with Gasteiger partial charge in [0, 0.05) is 25.9 Å². The molecule has 1 heterocycles. The van der Waals surface area contributed by atoms with Crippen molar-refractivity contribution in [1.82, 2.24) is 10.6 Å². The second kappa shape index (κ2) is 7.53. The number of rotatable bonds is 6. The normalized spacial score (nSPS) is 16.6. The highest BCUT2D eigenvalue weighted by Crippen LogP contribution is 2.17. The minimum absolute atomic E-state index is 0.113. The van der Waals surface area contributed by atoms with Crippen molar-refractivity contribution in [3.63, 3.8) is 0 Å². The van der Waals surface area contributed by atoms with Crippen LogP contribution in [0.4, 0.5) is 4.39 Å². The third-order valence-corrected chi connectivity index (χ3v) is 3.16. The number of halogens is 1. The first-order chi connectivity index (χ1) is 10.6. The molecule has 0 fully saturated rings.